The number of nitro benzene ring substituents is 1. The van der Waals surface area contributed by atoms with Crippen molar-refractivity contribution < 1.29 is 32.4 Å². The number of hydrogen-bond donors (Lipinski definition) is 0. The topological polar surface area (TPSA) is 130 Å². The van der Waals surface area contributed by atoms with E-state index in [0.29, 0.717) is 0 Å². The lowest BCUT2D eigenvalue weighted by Crippen LogP contribution is -2.27. The van der Waals surface area contributed by atoms with Gasteiger partial charge in [-0.15, -0.1) is 0 Å². The van der Waals surface area contributed by atoms with Crippen LogP contribution >= 0.6 is 0 Å². The highest BCUT2D eigenvalue weighted by molar-refractivity contribution is 7.90. The summed E-state index contributed by atoms with van der Waals surface area (Å²) in [7, 11) is -3.70. The van der Waals surface area contributed by atoms with Crippen molar-refractivity contribution in [2.45, 2.75) is 24.7 Å². The zero-order valence-electron chi connectivity index (χ0n) is 13.3. The molecule has 0 aromatic heterocycles. The monoisotopic (exact) mass is 359 g/mol. The standard InChI is InChI=1S/C14H17NO8S/c1-4-22-13(16)12(14(17)23-5-2)10-7-6-9(24(3,20)21)8-11(10)15(18)19/h6-8,12H,4-5H2,1-3H3. The van der Waals surface area contributed by atoms with Gasteiger partial charge >= 0.3 is 11.9 Å². The molecule has 0 fully saturated rings. The third kappa shape index (κ3) is 4.51. The molecule has 0 unspecified atom stereocenters. The van der Waals surface area contributed by atoms with Gasteiger partial charge in [0.1, 0.15) is 0 Å². The number of nitro groups is 1. The smallest absolute Gasteiger partial charge is 0.325 e. The molecule has 0 aliphatic heterocycles. The summed E-state index contributed by atoms with van der Waals surface area (Å²) >= 11 is 0. The summed E-state index contributed by atoms with van der Waals surface area (Å²) in [6, 6.07) is 2.94. The van der Waals surface area contributed by atoms with E-state index in [0.717, 1.165) is 24.5 Å². The second kappa shape index (κ2) is 7.86. The van der Waals surface area contributed by atoms with E-state index in [4.69, 9.17) is 9.47 Å². The summed E-state index contributed by atoms with van der Waals surface area (Å²) in [6.07, 6.45) is 0.889. The Morgan fingerprint density at radius 1 is 1.17 bits per heavy atom. The number of benzene rings is 1. The highest BCUT2D eigenvalue weighted by Crippen LogP contribution is 2.31. The van der Waals surface area contributed by atoms with Gasteiger partial charge in [0.05, 0.1) is 28.6 Å². The van der Waals surface area contributed by atoms with Crippen LogP contribution in [-0.4, -0.2) is 44.7 Å². The molecule has 0 radical (unpaired) electrons. The third-order valence-electron chi connectivity index (χ3n) is 2.98. The van der Waals surface area contributed by atoms with Crippen molar-refractivity contribution >= 4 is 27.5 Å². The van der Waals surface area contributed by atoms with Crippen molar-refractivity contribution in [3.8, 4) is 0 Å². The molecule has 0 saturated heterocycles. The predicted molar refractivity (Wildman–Crippen MR) is 82.2 cm³/mol. The first kappa shape index (κ1) is 19.6. The van der Waals surface area contributed by atoms with Crippen molar-refractivity contribution in [2.24, 2.45) is 0 Å². The Morgan fingerprint density at radius 2 is 1.67 bits per heavy atom. The number of hydrogen-bond acceptors (Lipinski definition) is 8. The van der Waals surface area contributed by atoms with Gasteiger partial charge < -0.3 is 9.47 Å². The van der Waals surface area contributed by atoms with Crippen molar-refractivity contribution in [3.63, 3.8) is 0 Å². The average molecular weight is 359 g/mol. The van der Waals surface area contributed by atoms with Crippen LogP contribution < -0.4 is 0 Å². The largest absolute Gasteiger partial charge is 0.465 e. The van der Waals surface area contributed by atoms with Gasteiger partial charge in [0.25, 0.3) is 5.69 Å². The zero-order valence-corrected chi connectivity index (χ0v) is 14.2. The molecule has 0 heterocycles. The van der Waals surface area contributed by atoms with Gasteiger partial charge in [0.15, 0.2) is 15.8 Å². The summed E-state index contributed by atoms with van der Waals surface area (Å²) in [5.41, 5.74) is -0.965. The van der Waals surface area contributed by atoms with E-state index in [9.17, 15) is 28.1 Å². The second-order valence-corrected chi connectivity index (χ2v) is 6.70. The number of esters is 2. The van der Waals surface area contributed by atoms with Crippen molar-refractivity contribution in [2.75, 3.05) is 19.5 Å². The number of sulfone groups is 1. The summed E-state index contributed by atoms with van der Waals surface area (Å²) < 4.78 is 32.7. The minimum Gasteiger partial charge on any atom is -0.465 e. The summed E-state index contributed by atoms with van der Waals surface area (Å²) in [5.74, 6) is -3.68. The summed E-state index contributed by atoms with van der Waals surface area (Å²) in [5, 5.41) is 11.3. The highest BCUT2D eigenvalue weighted by atomic mass is 32.2. The molecule has 0 aliphatic rings. The maximum absolute atomic E-state index is 12.1. The molecule has 0 saturated carbocycles. The number of nitrogens with zero attached hydrogens (tertiary/aromatic N) is 1. The zero-order chi connectivity index (χ0) is 18.5. The van der Waals surface area contributed by atoms with E-state index in [1.54, 1.807) is 0 Å². The van der Waals surface area contributed by atoms with Crippen LogP contribution in [0.4, 0.5) is 5.69 Å². The summed E-state index contributed by atoms with van der Waals surface area (Å²) in [4.78, 5) is 34.2. The fourth-order valence-corrected chi connectivity index (χ4v) is 2.60. The van der Waals surface area contributed by atoms with Crippen LogP contribution in [0.2, 0.25) is 0 Å². The molecule has 0 aliphatic carbocycles. The molecule has 1 aromatic carbocycles. The van der Waals surface area contributed by atoms with Gasteiger partial charge in [0, 0.05) is 12.3 Å². The molecule has 24 heavy (non-hydrogen) atoms. The fraction of sp³-hybridized carbons (Fsp3) is 0.429. The highest BCUT2D eigenvalue weighted by Gasteiger charge is 2.37. The van der Waals surface area contributed by atoms with Crippen LogP contribution in [-0.2, 0) is 28.9 Å². The van der Waals surface area contributed by atoms with Crippen molar-refractivity contribution in [3.05, 3.63) is 33.9 Å². The number of ether oxygens (including phenoxy) is 2. The van der Waals surface area contributed by atoms with E-state index in [2.05, 4.69) is 0 Å². The third-order valence-corrected chi connectivity index (χ3v) is 4.09. The number of carbonyl (C=O) groups excluding carboxylic acids is 2. The molecular weight excluding hydrogens is 342 g/mol. The number of carbonyl (C=O) groups is 2. The molecule has 1 aromatic rings. The summed E-state index contributed by atoms with van der Waals surface area (Å²) in [6.45, 7) is 2.95. The van der Waals surface area contributed by atoms with Crippen LogP contribution in [0.15, 0.2) is 23.1 Å². The van der Waals surface area contributed by atoms with Crippen molar-refractivity contribution in [1.29, 1.82) is 0 Å². The Kier molecular flexibility index (Phi) is 6.41. The molecule has 0 bridgehead atoms. The van der Waals surface area contributed by atoms with E-state index in [1.807, 2.05) is 0 Å². The minimum atomic E-state index is -3.70. The van der Waals surface area contributed by atoms with E-state index in [1.165, 1.54) is 13.8 Å². The minimum absolute atomic E-state index is 0.0377. The van der Waals surface area contributed by atoms with E-state index in [-0.39, 0.29) is 23.7 Å². The molecule has 1 rings (SSSR count). The van der Waals surface area contributed by atoms with Crippen LogP contribution in [0, 0.1) is 10.1 Å². The molecule has 0 amide bonds. The van der Waals surface area contributed by atoms with Gasteiger partial charge in [-0.2, -0.15) is 0 Å². The first-order valence-corrected chi connectivity index (χ1v) is 8.84. The van der Waals surface area contributed by atoms with Gasteiger partial charge in [-0.1, -0.05) is 0 Å². The van der Waals surface area contributed by atoms with Gasteiger partial charge in [-0.3, -0.25) is 19.7 Å². The Hall–Kier alpha value is -2.49. The maximum Gasteiger partial charge on any atom is 0.325 e. The van der Waals surface area contributed by atoms with Gasteiger partial charge in [0.2, 0.25) is 0 Å². The Morgan fingerprint density at radius 3 is 2.04 bits per heavy atom. The molecular formula is C14H17NO8S. The predicted octanol–water partition coefficient (Wildman–Crippen LogP) is 1.21. The molecule has 9 nitrogen and oxygen atoms in total. The van der Waals surface area contributed by atoms with Gasteiger partial charge in [-0.05, 0) is 26.0 Å². The van der Waals surface area contributed by atoms with E-state index >= 15 is 0 Å². The fourth-order valence-electron chi connectivity index (χ4n) is 1.96. The van der Waals surface area contributed by atoms with Crippen LogP contribution in [0.25, 0.3) is 0 Å². The SMILES string of the molecule is CCOC(=O)C(C(=O)OCC)c1ccc(S(C)(=O)=O)cc1[N+](=O)[O-]. The maximum atomic E-state index is 12.1. The number of rotatable bonds is 7. The van der Waals surface area contributed by atoms with Crippen LogP contribution in [0.3, 0.4) is 0 Å². The Bertz CT molecular complexity index is 738. The average Bonchev–Trinajstić information content (AvgIpc) is 2.47. The normalized spacial score (nSPS) is 11.2. The molecule has 0 atom stereocenters. The Balaban J connectivity index is 3.54. The van der Waals surface area contributed by atoms with Crippen LogP contribution in [0.1, 0.15) is 25.3 Å². The second-order valence-electron chi connectivity index (χ2n) is 4.69. The molecule has 0 N–H and O–H groups in total. The molecule has 132 valence electrons. The van der Waals surface area contributed by atoms with Crippen LogP contribution in [0.5, 0.6) is 0 Å². The first-order chi connectivity index (χ1) is 11.1. The van der Waals surface area contributed by atoms with Gasteiger partial charge in [-0.25, -0.2) is 8.42 Å². The molecule has 0 spiro atoms. The van der Waals surface area contributed by atoms with E-state index < -0.39 is 38.3 Å². The lowest BCUT2D eigenvalue weighted by Gasteiger charge is -2.15. The molecule has 10 heteroatoms. The lowest BCUT2D eigenvalue weighted by molar-refractivity contribution is -0.385. The quantitative estimate of drug-likeness (QED) is 0.307. The Labute approximate surface area is 138 Å². The van der Waals surface area contributed by atoms with Crippen molar-refractivity contribution in [1.82, 2.24) is 0 Å². The first-order valence-electron chi connectivity index (χ1n) is 6.95. The lowest BCUT2D eigenvalue weighted by atomic mass is 9.97.